The lowest BCUT2D eigenvalue weighted by Crippen LogP contribution is -2.36. The van der Waals surface area contributed by atoms with Crippen LogP contribution >= 0.6 is 0 Å². The van der Waals surface area contributed by atoms with Gasteiger partial charge < -0.3 is 5.73 Å². The Bertz CT molecular complexity index is 1020. The highest BCUT2D eigenvalue weighted by atomic mass is 16.2. The lowest BCUT2D eigenvalue weighted by molar-refractivity contribution is -0.118. The minimum atomic E-state index is -0.744. The largest absolute Gasteiger partial charge is 0.370 e. The van der Waals surface area contributed by atoms with E-state index in [0.717, 1.165) is 21.2 Å². The summed E-state index contributed by atoms with van der Waals surface area (Å²) in [5.41, 5.74) is 6.89. The van der Waals surface area contributed by atoms with Crippen molar-refractivity contribution in [3.05, 3.63) is 83.4 Å². The second-order valence-corrected chi connectivity index (χ2v) is 6.28. The molecule has 0 aliphatic carbocycles. The molecule has 1 heterocycles. The molecule has 3 aromatic rings. The third kappa shape index (κ3) is 2.45. The number of hydrogen-bond acceptors (Lipinski definition) is 3. The predicted octanol–water partition coefficient (Wildman–Crippen LogP) is 3.05. The SMILES string of the molecule is NC(=O)CC(c1cccc2ccccc12)N1C(=O)c2ccccc2C1=O. The summed E-state index contributed by atoms with van der Waals surface area (Å²) in [6.07, 6.45) is -0.126. The van der Waals surface area contributed by atoms with E-state index in [0.29, 0.717) is 11.1 Å². The van der Waals surface area contributed by atoms with Crippen molar-refractivity contribution in [2.45, 2.75) is 12.5 Å². The van der Waals surface area contributed by atoms with E-state index >= 15 is 0 Å². The van der Waals surface area contributed by atoms with E-state index in [9.17, 15) is 14.4 Å². The molecule has 2 N–H and O–H groups in total. The normalized spacial score (nSPS) is 14.5. The van der Waals surface area contributed by atoms with Gasteiger partial charge in [0.25, 0.3) is 11.8 Å². The second-order valence-electron chi connectivity index (χ2n) is 6.28. The van der Waals surface area contributed by atoms with Crippen molar-refractivity contribution in [1.29, 1.82) is 0 Å². The number of nitrogens with zero attached hydrogens (tertiary/aromatic N) is 1. The van der Waals surface area contributed by atoms with E-state index in [4.69, 9.17) is 5.73 Å². The maximum absolute atomic E-state index is 12.9. The Morgan fingerprint density at radius 1 is 0.846 bits per heavy atom. The standard InChI is InChI=1S/C21H16N2O3/c22-19(24)12-18(15-11-5-7-13-6-1-2-8-14(13)15)23-20(25)16-9-3-4-10-17(16)21(23)26/h1-11,18H,12H2,(H2,22,24). The van der Waals surface area contributed by atoms with Crippen molar-refractivity contribution in [2.24, 2.45) is 5.73 Å². The van der Waals surface area contributed by atoms with E-state index < -0.39 is 23.8 Å². The molecule has 0 saturated heterocycles. The molecule has 0 radical (unpaired) electrons. The zero-order valence-electron chi connectivity index (χ0n) is 13.9. The van der Waals surface area contributed by atoms with Crippen molar-refractivity contribution >= 4 is 28.5 Å². The molecule has 0 bridgehead atoms. The summed E-state index contributed by atoms with van der Waals surface area (Å²) in [5.74, 6) is -1.37. The summed E-state index contributed by atoms with van der Waals surface area (Å²) in [4.78, 5) is 38.7. The highest BCUT2D eigenvalue weighted by Gasteiger charge is 2.41. The van der Waals surface area contributed by atoms with Crippen LogP contribution in [0.2, 0.25) is 0 Å². The van der Waals surface area contributed by atoms with E-state index in [1.54, 1.807) is 24.3 Å². The van der Waals surface area contributed by atoms with Gasteiger partial charge in [-0.25, -0.2) is 0 Å². The van der Waals surface area contributed by atoms with Gasteiger partial charge in [-0.05, 0) is 28.5 Å². The molecular weight excluding hydrogens is 328 g/mol. The highest BCUT2D eigenvalue weighted by molar-refractivity contribution is 6.21. The van der Waals surface area contributed by atoms with Gasteiger partial charge in [0, 0.05) is 0 Å². The van der Waals surface area contributed by atoms with Crippen LogP contribution in [0.3, 0.4) is 0 Å². The van der Waals surface area contributed by atoms with E-state index in [2.05, 4.69) is 0 Å². The van der Waals surface area contributed by atoms with Crippen LogP contribution < -0.4 is 5.73 Å². The quantitative estimate of drug-likeness (QED) is 0.739. The lowest BCUT2D eigenvalue weighted by atomic mass is 9.95. The molecule has 3 amide bonds. The third-order valence-electron chi connectivity index (χ3n) is 4.71. The van der Waals surface area contributed by atoms with Gasteiger partial charge in [0.05, 0.1) is 23.6 Å². The molecule has 0 aromatic heterocycles. The summed E-state index contributed by atoms with van der Waals surface area (Å²) in [6.45, 7) is 0. The first-order chi connectivity index (χ1) is 12.6. The average molecular weight is 344 g/mol. The molecule has 26 heavy (non-hydrogen) atoms. The molecule has 3 aromatic carbocycles. The van der Waals surface area contributed by atoms with Gasteiger partial charge in [-0.1, -0.05) is 54.6 Å². The van der Waals surface area contributed by atoms with Crippen LogP contribution in [0.1, 0.15) is 38.7 Å². The molecule has 4 rings (SSSR count). The predicted molar refractivity (Wildman–Crippen MR) is 97.4 cm³/mol. The molecule has 5 heteroatoms. The zero-order valence-corrected chi connectivity index (χ0v) is 13.9. The van der Waals surface area contributed by atoms with Crippen molar-refractivity contribution < 1.29 is 14.4 Å². The first-order valence-electron chi connectivity index (χ1n) is 8.31. The Kier molecular flexibility index (Phi) is 3.77. The fraction of sp³-hybridized carbons (Fsp3) is 0.0952. The summed E-state index contributed by atoms with van der Waals surface area (Å²) in [5, 5.41) is 1.86. The van der Waals surface area contributed by atoms with Crippen molar-refractivity contribution in [1.82, 2.24) is 4.90 Å². The van der Waals surface area contributed by atoms with Crippen LogP contribution in [0, 0.1) is 0 Å². The van der Waals surface area contributed by atoms with Gasteiger partial charge in [-0.2, -0.15) is 0 Å². The number of fused-ring (bicyclic) bond motifs is 2. The molecule has 0 saturated carbocycles. The second kappa shape index (κ2) is 6.11. The van der Waals surface area contributed by atoms with Crippen LogP contribution in [0.4, 0.5) is 0 Å². The molecule has 1 unspecified atom stereocenters. The van der Waals surface area contributed by atoms with E-state index in [-0.39, 0.29) is 6.42 Å². The number of carbonyl (C=O) groups excluding carboxylic acids is 3. The number of carbonyl (C=O) groups is 3. The van der Waals surface area contributed by atoms with Crippen LogP contribution in [-0.4, -0.2) is 22.6 Å². The summed E-state index contributed by atoms with van der Waals surface area (Å²) in [7, 11) is 0. The molecule has 5 nitrogen and oxygen atoms in total. The van der Waals surface area contributed by atoms with Crippen LogP contribution in [-0.2, 0) is 4.79 Å². The number of amides is 3. The van der Waals surface area contributed by atoms with Crippen molar-refractivity contribution in [3.8, 4) is 0 Å². The molecule has 1 aliphatic rings. The fourth-order valence-corrected chi connectivity index (χ4v) is 3.56. The lowest BCUT2D eigenvalue weighted by Gasteiger charge is -2.26. The maximum Gasteiger partial charge on any atom is 0.262 e. The first-order valence-corrected chi connectivity index (χ1v) is 8.31. The number of benzene rings is 3. The Morgan fingerprint density at radius 3 is 2.08 bits per heavy atom. The summed E-state index contributed by atoms with van der Waals surface area (Å²) in [6, 6.07) is 19.2. The van der Waals surface area contributed by atoms with E-state index in [1.165, 1.54) is 0 Å². The number of primary amides is 1. The molecule has 0 fully saturated rings. The number of hydrogen-bond donors (Lipinski definition) is 1. The molecule has 1 atom stereocenters. The summed E-state index contributed by atoms with van der Waals surface area (Å²) >= 11 is 0. The molecule has 0 spiro atoms. The minimum Gasteiger partial charge on any atom is -0.370 e. The number of rotatable bonds is 4. The molecular formula is C21H16N2O3. The average Bonchev–Trinajstić information content (AvgIpc) is 2.90. The Labute approximate surface area is 150 Å². The first kappa shape index (κ1) is 16.0. The van der Waals surface area contributed by atoms with Crippen LogP contribution in [0.5, 0.6) is 0 Å². The smallest absolute Gasteiger partial charge is 0.262 e. The third-order valence-corrected chi connectivity index (χ3v) is 4.71. The summed E-state index contributed by atoms with van der Waals surface area (Å²) < 4.78 is 0. The van der Waals surface area contributed by atoms with Crippen molar-refractivity contribution in [2.75, 3.05) is 0 Å². The van der Waals surface area contributed by atoms with Crippen molar-refractivity contribution in [3.63, 3.8) is 0 Å². The molecule has 1 aliphatic heterocycles. The Balaban J connectivity index is 1.88. The number of nitrogens with two attached hydrogens (primary N) is 1. The van der Waals surface area contributed by atoms with Gasteiger partial charge in [-0.15, -0.1) is 0 Å². The van der Waals surface area contributed by atoms with Gasteiger partial charge in [0.2, 0.25) is 5.91 Å². The van der Waals surface area contributed by atoms with Crippen LogP contribution in [0.15, 0.2) is 66.7 Å². The van der Waals surface area contributed by atoms with Gasteiger partial charge in [-0.3, -0.25) is 19.3 Å². The zero-order chi connectivity index (χ0) is 18.3. The molecule has 128 valence electrons. The van der Waals surface area contributed by atoms with E-state index in [1.807, 2.05) is 42.5 Å². The van der Waals surface area contributed by atoms with Crippen LogP contribution in [0.25, 0.3) is 10.8 Å². The highest BCUT2D eigenvalue weighted by Crippen LogP contribution is 2.36. The minimum absolute atomic E-state index is 0.126. The number of imide groups is 1. The van der Waals surface area contributed by atoms with Gasteiger partial charge >= 0.3 is 0 Å². The topological polar surface area (TPSA) is 80.5 Å². The Hall–Kier alpha value is -3.47. The van der Waals surface area contributed by atoms with Gasteiger partial charge in [0.1, 0.15) is 0 Å². The van der Waals surface area contributed by atoms with Gasteiger partial charge in [0.15, 0.2) is 0 Å². The monoisotopic (exact) mass is 344 g/mol. The fourth-order valence-electron chi connectivity index (χ4n) is 3.56. The Morgan fingerprint density at radius 2 is 1.42 bits per heavy atom. The maximum atomic E-state index is 12.9.